The van der Waals surface area contributed by atoms with Crippen molar-refractivity contribution >= 4 is 23.4 Å². The van der Waals surface area contributed by atoms with E-state index in [4.69, 9.17) is 11.6 Å². The van der Waals surface area contributed by atoms with Crippen molar-refractivity contribution in [3.8, 4) is 11.5 Å². The number of aromatic hydroxyl groups is 2. The standard InChI is InChI=1S/C14H21ClN2O2S/c1-12(2)8-13(3,17-14(15,16-12)20-4)10-6-5-9(18)7-11(10)19/h5-7,16-19H,8H2,1-4H3/t13-,14+/m1/s1. The molecule has 1 aromatic rings. The number of nitrogens with one attached hydrogen (secondary N) is 2. The van der Waals surface area contributed by atoms with E-state index >= 15 is 0 Å². The fourth-order valence-corrected chi connectivity index (χ4v) is 4.21. The Morgan fingerprint density at radius 3 is 2.40 bits per heavy atom. The highest BCUT2D eigenvalue weighted by Crippen LogP contribution is 2.44. The molecule has 4 nitrogen and oxygen atoms in total. The minimum absolute atomic E-state index is 0.0463. The molecule has 1 aliphatic heterocycles. The number of benzene rings is 1. The first kappa shape index (κ1) is 15.8. The molecule has 4 N–H and O–H groups in total. The van der Waals surface area contributed by atoms with Crippen LogP contribution in [0.1, 0.15) is 32.8 Å². The Kier molecular flexibility index (Phi) is 3.93. The van der Waals surface area contributed by atoms with E-state index in [0.29, 0.717) is 0 Å². The maximum absolute atomic E-state index is 10.2. The van der Waals surface area contributed by atoms with Crippen LogP contribution in [0.15, 0.2) is 18.2 Å². The monoisotopic (exact) mass is 316 g/mol. The zero-order valence-corrected chi connectivity index (χ0v) is 13.7. The highest BCUT2D eigenvalue weighted by molar-refractivity contribution is 8.01. The second-order valence-corrected chi connectivity index (χ2v) is 7.96. The third kappa shape index (κ3) is 3.01. The van der Waals surface area contributed by atoms with E-state index < -0.39 is 9.99 Å². The summed E-state index contributed by atoms with van der Waals surface area (Å²) in [6, 6.07) is 4.66. The lowest BCUT2D eigenvalue weighted by Gasteiger charge is -2.52. The Labute approximate surface area is 128 Å². The molecule has 112 valence electrons. The number of thioether (sulfide) groups is 1. The molecule has 0 aromatic heterocycles. The smallest absolute Gasteiger partial charge is 0.196 e. The number of rotatable bonds is 2. The van der Waals surface area contributed by atoms with Crippen LogP contribution in [-0.2, 0) is 5.54 Å². The quantitative estimate of drug-likeness (QED) is 0.499. The molecule has 0 saturated carbocycles. The van der Waals surface area contributed by atoms with Crippen LogP contribution in [0.3, 0.4) is 0 Å². The SMILES string of the molecule is CS[C@@]1(Cl)NC(C)(C)C[C@](C)(c2ccc(O)cc2O)N1. The van der Waals surface area contributed by atoms with Gasteiger partial charge in [0.1, 0.15) is 11.5 Å². The van der Waals surface area contributed by atoms with Crippen molar-refractivity contribution < 1.29 is 10.2 Å². The van der Waals surface area contributed by atoms with E-state index in [0.717, 1.165) is 12.0 Å². The van der Waals surface area contributed by atoms with Crippen molar-refractivity contribution in [2.24, 2.45) is 0 Å². The van der Waals surface area contributed by atoms with Gasteiger partial charge in [0.15, 0.2) is 4.45 Å². The summed E-state index contributed by atoms with van der Waals surface area (Å²) < 4.78 is -0.805. The van der Waals surface area contributed by atoms with Gasteiger partial charge in [0.25, 0.3) is 0 Å². The second kappa shape index (κ2) is 4.98. The Hall–Kier alpha value is -0.620. The largest absolute Gasteiger partial charge is 0.508 e. The van der Waals surface area contributed by atoms with Gasteiger partial charge in [-0.3, -0.25) is 10.6 Å². The summed E-state index contributed by atoms with van der Waals surface area (Å²) in [7, 11) is 0. The summed E-state index contributed by atoms with van der Waals surface area (Å²) >= 11 is 8.04. The summed E-state index contributed by atoms with van der Waals surface area (Å²) in [5.74, 6) is 0.114. The van der Waals surface area contributed by atoms with E-state index in [-0.39, 0.29) is 17.0 Å². The molecule has 0 radical (unpaired) electrons. The lowest BCUT2D eigenvalue weighted by molar-refractivity contribution is 0.137. The lowest BCUT2D eigenvalue weighted by Crippen LogP contribution is -2.70. The number of alkyl halides is 1. The highest BCUT2D eigenvalue weighted by Gasteiger charge is 2.48. The molecular weight excluding hydrogens is 296 g/mol. The predicted octanol–water partition coefficient (Wildman–Crippen LogP) is 2.89. The molecule has 2 rings (SSSR count). The molecule has 1 heterocycles. The van der Waals surface area contributed by atoms with E-state index in [9.17, 15) is 10.2 Å². The maximum atomic E-state index is 10.2. The fraction of sp³-hybridized carbons (Fsp3) is 0.571. The van der Waals surface area contributed by atoms with Gasteiger partial charge in [0.2, 0.25) is 0 Å². The van der Waals surface area contributed by atoms with Gasteiger partial charge in [-0.25, -0.2) is 0 Å². The molecular formula is C14H21ClN2O2S. The number of phenolic OH excluding ortho intramolecular Hbond substituents is 2. The van der Waals surface area contributed by atoms with Crippen LogP contribution in [-0.4, -0.2) is 26.5 Å². The average molecular weight is 317 g/mol. The van der Waals surface area contributed by atoms with E-state index in [2.05, 4.69) is 24.5 Å². The van der Waals surface area contributed by atoms with Crippen LogP contribution in [0.5, 0.6) is 11.5 Å². The van der Waals surface area contributed by atoms with E-state index in [1.165, 1.54) is 17.8 Å². The Balaban J connectivity index is 2.46. The van der Waals surface area contributed by atoms with Crippen LogP contribution in [0.25, 0.3) is 0 Å². The third-order valence-corrected chi connectivity index (χ3v) is 5.01. The van der Waals surface area contributed by atoms with Crippen molar-refractivity contribution in [2.45, 2.75) is 42.7 Å². The molecule has 2 atom stereocenters. The molecule has 1 aliphatic rings. The van der Waals surface area contributed by atoms with Crippen LogP contribution in [0, 0.1) is 0 Å². The number of halogens is 1. The van der Waals surface area contributed by atoms with Gasteiger partial charge >= 0.3 is 0 Å². The maximum Gasteiger partial charge on any atom is 0.196 e. The second-order valence-electron chi connectivity index (χ2n) is 6.14. The summed E-state index contributed by atoms with van der Waals surface area (Å²) in [6.07, 6.45) is 2.67. The zero-order chi connectivity index (χ0) is 15.2. The molecule has 20 heavy (non-hydrogen) atoms. The first-order valence-electron chi connectivity index (χ1n) is 6.44. The minimum atomic E-state index is -0.805. The van der Waals surface area contributed by atoms with Crippen molar-refractivity contribution in [2.75, 3.05) is 6.26 Å². The number of hydrogen-bond donors (Lipinski definition) is 4. The van der Waals surface area contributed by atoms with E-state index in [1.54, 1.807) is 12.1 Å². The molecule has 0 spiro atoms. The van der Waals surface area contributed by atoms with Gasteiger partial charge in [0, 0.05) is 22.7 Å². The van der Waals surface area contributed by atoms with Crippen molar-refractivity contribution in [1.82, 2.24) is 10.6 Å². The molecule has 0 unspecified atom stereocenters. The van der Waals surface area contributed by atoms with E-state index in [1.807, 2.05) is 13.2 Å². The normalized spacial score (nSPS) is 33.0. The van der Waals surface area contributed by atoms with Gasteiger partial charge in [-0.15, -0.1) is 11.8 Å². The molecule has 0 amide bonds. The topological polar surface area (TPSA) is 64.5 Å². The van der Waals surface area contributed by atoms with Gasteiger partial charge < -0.3 is 10.2 Å². The first-order valence-corrected chi connectivity index (χ1v) is 8.05. The van der Waals surface area contributed by atoms with Gasteiger partial charge in [-0.05, 0) is 45.6 Å². The molecule has 0 bridgehead atoms. The van der Waals surface area contributed by atoms with Crippen molar-refractivity contribution in [3.63, 3.8) is 0 Å². The zero-order valence-electron chi connectivity index (χ0n) is 12.1. The highest BCUT2D eigenvalue weighted by atomic mass is 35.5. The van der Waals surface area contributed by atoms with Gasteiger partial charge in [0.05, 0.1) is 0 Å². The molecule has 1 fully saturated rings. The van der Waals surface area contributed by atoms with Crippen LogP contribution >= 0.6 is 23.4 Å². The summed E-state index contributed by atoms with van der Waals surface area (Å²) in [5, 5.41) is 26.3. The summed E-state index contributed by atoms with van der Waals surface area (Å²) in [6.45, 7) is 6.17. The predicted molar refractivity (Wildman–Crippen MR) is 84.2 cm³/mol. The molecule has 0 aliphatic carbocycles. The van der Waals surface area contributed by atoms with Crippen LogP contribution in [0.2, 0.25) is 0 Å². The van der Waals surface area contributed by atoms with Crippen molar-refractivity contribution in [1.29, 1.82) is 0 Å². The number of phenols is 2. The van der Waals surface area contributed by atoms with Crippen LogP contribution < -0.4 is 10.6 Å². The summed E-state index contributed by atoms with van der Waals surface area (Å²) in [5.41, 5.74) is 0.0239. The third-order valence-electron chi connectivity index (χ3n) is 3.59. The first-order chi connectivity index (χ1) is 9.09. The van der Waals surface area contributed by atoms with Crippen molar-refractivity contribution in [3.05, 3.63) is 23.8 Å². The fourth-order valence-electron chi connectivity index (χ4n) is 3.04. The Morgan fingerprint density at radius 2 is 1.85 bits per heavy atom. The van der Waals surface area contributed by atoms with Gasteiger partial charge in [-0.2, -0.15) is 0 Å². The number of hydrogen-bond acceptors (Lipinski definition) is 5. The molecule has 1 aromatic carbocycles. The Morgan fingerprint density at radius 1 is 1.20 bits per heavy atom. The summed E-state index contributed by atoms with van der Waals surface area (Å²) in [4.78, 5) is 0. The molecule has 1 saturated heterocycles. The minimum Gasteiger partial charge on any atom is -0.508 e. The molecule has 6 heteroatoms. The van der Waals surface area contributed by atoms with Crippen LogP contribution in [0.4, 0.5) is 0 Å². The average Bonchev–Trinajstić information content (AvgIpc) is 2.25. The lowest BCUT2D eigenvalue weighted by atomic mass is 9.78. The van der Waals surface area contributed by atoms with Gasteiger partial charge in [-0.1, -0.05) is 11.6 Å². The Bertz CT molecular complexity index is 526.